The van der Waals surface area contributed by atoms with Crippen LogP contribution in [0, 0.1) is 19.7 Å². The molecule has 106 valence electrons. The van der Waals surface area contributed by atoms with Crippen LogP contribution in [0.3, 0.4) is 0 Å². The molecule has 0 bridgehead atoms. The molecular weight excluding hydrogens is 277 g/mol. The zero-order valence-electron chi connectivity index (χ0n) is 11.8. The van der Waals surface area contributed by atoms with Gasteiger partial charge < -0.3 is 10.1 Å². The Kier molecular flexibility index (Phi) is 4.50. The first kappa shape index (κ1) is 14.7. The Bertz CT molecular complexity index is 628. The molecule has 0 saturated carbocycles. The highest BCUT2D eigenvalue weighted by atomic mass is 35.5. The molecule has 0 amide bonds. The number of rotatable bonds is 4. The van der Waals surface area contributed by atoms with E-state index in [1.54, 1.807) is 19.2 Å². The first-order chi connectivity index (χ1) is 9.52. The van der Waals surface area contributed by atoms with Gasteiger partial charge in [0.2, 0.25) is 0 Å². The van der Waals surface area contributed by atoms with Crippen molar-refractivity contribution in [2.75, 3.05) is 12.4 Å². The molecule has 20 heavy (non-hydrogen) atoms. The minimum atomic E-state index is -0.399. The summed E-state index contributed by atoms with van der Waals surface area (Å²) in [6.45, 7) is 4.53. The fourth-order valence-corrected chi connectivity index (χ4v) is 2.30. The number of hydrogen-bond acceptors (Lipinski definition) is 2. The molecule has 0 heterocycles. The van der Waals surface area contributed by atoms with E-state index in [0.717, 1.165) is 28.1 Å². The van der Waals surface area contributed by atoms with E-state index in [2.05, 4.69) is 5.32 Å². The summed E-state index contributed by atoms with van der Waals surface area (Å²) in [6.07, 6.45) is 0. The van der Waals surface area contributed by atoms with Gasteiger partial charge in [-0.05, 0) is 43.2 Å². The molecule has 4 heteroatoms. The second-order valence-corrected chi connectivity index (χ2v) is 5.10. The van der Waals surface area contributed by atoms with Crippen molar-refractivity contribution >= 4 is 17.3 Å². The van der Waals surface area contributed by atoms with Crippen molar-refractivity contribution in [2.45, 2.75) is 20.4 Å². The second kappa shape index (κ2) is 6.14. The smallest absolute Gasteiger partial charge is 0.142 e. The number of halogens is 2. The molecule has 0 spiro atoms. The van der Waals surface area contributed by atoms with Gasteiger partial charge >= 0.3 is 0 Å². The zero-order chi connectivity index (χ0) is 14.7. The van der Waals surface area contributed by atoms with Crippen LogP contribution in [0.4, 0.5) is 10.1 Å². The quantitative estimate of drug-likeness (QED) is 0.881. The molecule has 0 saturated heterocycles. The van der Waals surface area contributed by atoms with Crippen LogP contribution < -0.4 is 10.1 Å². The van der Waals surface area contributed by atoms with Crippen molar-refractivity contribution in [3.63, 3.8) is 0 Å². The highest BCUT2D eigenvalue weighted by Gasteiger charge is 2.08. The SMILES string of the molecule is COc1c(C)ccc(NCc2ccc(Cl)c(F)c2)c1C. The van der Waals surface area contributed by atoms with E-state index in [1.165, 1.54) is 6.07 Å². The lowest BCUT2D eigenvalue weighted by molar-refractivity contribution is 0.409. The molecule has 0 atom stereocenters. The Morgan fingerprint density at radius 1 is 1.20 bits per heavy atom. The van der Waals surface area contributed by atoms with E-state index in [4.69, 9.17) is 16.3 Å². The van der Waals surface area contributed by atoms with Crippen molar-refractivity contribution in [3.8, 4) is 5.75 Å². The minimum absolute atomic E-state index is 0.141. The molecule has 0 aromatic heterocycles. The van der Waals surface area contributed by atoms with E-state index < -0.39 is 5.82 Å². The number of nitrogens with one attached hydrogen (secondary N) is 1. The Morgan fingerprint density at radius 2 is 1.95 bits per heavy atom. The van der Waals surface area contributed by atoms with Crippen molar-refractivity contribution in [1.82, 2.24) is 0 Å². The third-order valence-corrected chi connectivity index (χ3v) is 3.58. The second-order valence-electron chi connectivity index (χ2n) is 4.69. The summed E-state index contributed by atoms with van der Waals surface area (Å²) in [7, 11) is 1.66. The summed E-state index contributed by atoms with van der Waals surface area (Å²) >= 11 is 5.67. The molecule has 0 aliphatic heterocycles. The van der Waals surface area contributed by atoms with Gasteiger partial charge in [0.1, 0.15) is 11.6 Å². The normalized spacial score (nSPS) is 10.4. The zero-order valence-corrected chi connectivity index (χ0v) is 12.5. The van der Waals surface area contributed by atoms with E-state index in [1.807, 2.05) is 26.0 Å². The van der Waals surface area contributed by atoms with Crippen LogP contribution in [-0.2, 0) is 6.54 Å². The average Bonchev–Trinajstić information content (AvgIpc) is 2.42. The van der Waals surface area contributed by atoms with Gasteiger partial charge in [-0.1, -0.05) is 23.7 Å². The number of benzene rings is 2. The van der Waals surface area contributed by atoms with Gasteiger partial charge in [0.25, 0.3) is 0 Å². The summed E-state index contributed by atoms with van der Waals surface area (Å²) in [5.74, 6) is 0.474. The largest absolute Gasteiger partial charge is 0.496 e. The highest BCUT2D eigenvalue weighted by molar-refractivity contribution is 6.30. The fraction of sp³-hybridized carbons (Fsp3) is 0.250. The number of methoxy groups -OCH3 is 1. The van der Waals surface area contributed by atoms with Gasteiger partial charge in [-0.3, -0.25) is 0 Å². The molecule has 0 unspecified atom stereocenters. The van der Waals surface area contributed by atoms with Gasteiger partial charge in [0.05, 0.1) is 12.1 Å². The monoisotopic (exact) mass is 293 g/mol. The van der Waals surface area contributed by atoms with Gasteiger partial charge in [-0.25, -0.2) is 4.39 Å². The van der Waals surface area contributed by atoms with Crippen LogP contribution in [0.25, 0.3) is 0 Å². The maximum Gasteiger partial charge on any atom is 0.142 e. The molecule has 2 nitrogen and oxygen atoms in total. The maximum absolute atomic E-state index is 13.4. The molecule has 2 aromatic rings. The lowest BCUT2D eigenvalue weighted by Crippen LogP contribution is -2.03. The van der Waals surface area contributed by atoms with E-state index in [9.17, 15) is 4.39 Å². The van der Waals surface area contributed by atoms with Crippen LogP contribution in [0.5, 0.6) is 5.75 Å². The number of anilines is 1. The standard InChI is InChI=1S/C16H17ClFNO/c1-10-4-7-15(11(2)16(10)20-3)19-9-12-5-6-13(17)14(18)8-12/h4-8,19H,9H2,1-3H3. The molecule has 0 aliphatic rings. The van der Waals surface area contributed by atoms with E-state index >= 15 is 0 Å². The minimum Gasteiger partial charge on any atom is -0.496 e. The van der Waals surface area contributed by atoms with Crippen molar-refractivity contribution in [2.24, 2.45) is 0 Å². The first-order valence-corrected chi connectivity index (χ1v) is 6.72. The molecular formula is C16H17ClFNO. The van der Waals surface area contributed by atoms with Crippen LogP contribution in [0.2, 0.25) is 5.02 Å². The predicted molar refractivity (Wildman–Crippen MR) is 81.2 cm³/mol. The molecule has 0 aliphatic carbocycles. The third-order valence-electron chi connectivity index (χ3n) is 3.27. The summed E-state index contributed by atoms with van der Waals surface area (Å²) in [5.41, 5.74) is 3.95. The Balaban J connectivity index is 2.16. The Hall–Kier alpha value is -1.74. The van der Waals surface area contributed by atoms with Gasteiger partial charge in [0, 0.05) is 17.8 Å². The Labute approximate surface area is 123 Å². The van der Waals surface area contributed by atoms with Crippen LogP contribution in [0.15, 0.2) is 30.3 Å². The number of ether oxygens (including phenoxy) is 1. The first-order valence-electron chi connectivity index (χ1n) is 6.35. The molecule has 2 rings (SSSR count). The summed E-state index contributed by atoms with van der Waals surface area (Å²) in [6, 6.07) is 8.81. The summed E-state index contributed by atoms with van der Waals surface area (Å²) < 4.78 is 18.8. The lowest BCUT2D eigenvalue weighted by Gasteiger charge is -2.15. The van der Waals surface area contributed by atoms with Gasteiger partial charge in [0.15, 0.2) is 0 Å². The highest BCUT2D eigenvalue weighted by Crippen LogP contribution is 2.29. The summed E-state index contributed by atoms with van der Waals surface area (Å²) in [5, 5.41) is 3.43. The number of hydrogen-bond donors (Lipinski definition) is 1. The van der Waals surface area contributed by atoms with Gasteiger partial charge in [-0.15, -0.1) is 0 Å². The van der Waals surface area contributed by atoms with Gasteiger partial charge in [-0.2, -0.15) is 0 Å². The molecule has 1 N–H and O–H groups in total. The van der Waals surface area contributed by atoms with Crippen LogP contribution >= 0.6 is 11.6 Å². The van der Waals surface area contributed by atoms with Crippen LogP contribution in [0.1, 0.15) is 16.7 Å². The van der Waals surface area contributed by atoms with E-state index in [0.29, 0.717) is 6.54 Å². The summed E-state index contributed by atoms with van der Waals surface area (Å²) in [4.78, 5) is 0. The van der Waals surface area contributed by atoms with E-state index in [-0.39, 0.29) is 5.02 Å². The third kappa shape index (κ3) is 3.05. The molecule has 2 aromatic carbocycles. The predicted octanol–water partition coefficient (Wildman–Crippen LogP) is 4.72. The maximum atomic E-state index is 13.4. The van der Waals surface area contributed by atoms with Crippen LogP contribution in [-0.4, -0.2) is 7.11 Å². The Morgan fingerprint density at radius 3 is 2.60 bits per heavy atom. The number of aryl methyl sites for hydroxylation is 1. The lowest BCUT2D eigenvalue weighted by atomic mass is 10.1. The van der Waals surface area contributed by atoms with Crippen molar-refractivity contribution < 1.29 is 9.13 Å². The molecule has 0 radical (unpaired) electrons. The van der Waals surface area contributed by atoms with Crippen molar-refractivity contribution in [3.05, 3.63) is 57.9 Å². The molecule has 0 fully saturated rings. The topological polar surface area (TPSA) is 21.3 Å². The van der Waals surface area contributed by atoms with Crippen molar-refractivity contribution in [1.29, 1.82) is 0 Å². The average molecular weight is 294 g/mol. The fourth-order valence-electron chi connectivity index (χ4n) is 2.18.